The van der Waals surface area contributed by atoms with Gasteiger partial charge < -0.3 is 9.84 Å². The summed E-state index contributed by atoms with van der Waals surface area (Å²) in [6.07, 6.45) is 16.0. The van der Waals surface area contributed by atoms with Gasteiger partial charge in [0.2, 0.25) is 0 Å². The highest BCUT2D eigenvalue weighted by Crippen LogP contribution is 2.67. The first kappa shape index (κ1) is 26.7. The molecule has 0 aliphatic heterocycles. The number of carbonyl (C=O) groups excluding carboxylic acids is 1. The number of fused-ring (bicyclic) bond motifs is 5. The molecule has 1 N–H and O–H groups in total. The van der Waals surface area contributed by atoms with Gasteiger partial charge in [-0.2, -0.15) is 0 Å². The van der Waals surface area contributed by atoms with Crippen LogP contribution in [0.2, 0.25) is 0 Å². The number of hydrogen-bond acceptors (Lipinski definition) is 3. The highest BCUT2D eigenvalue weighted by atomic mass is 16.5. The highest BCUT2D eigenvalue weighted by molar-refractivity contribution is 5.76. The molecule has 8 atom stereocenters. The SMILES string of the molecule is CC(C)CCC[C@@H](C)[C@H]1CCC2C3CC=C4CC(OC(=O)CCC(=O)O)CC[C@]4(C)C3CC[C@@]21C. The van der Waals surface area contributed by atoms with Crippen LogP contribution >= 0.6 is 0 Å². The molecule has 0 amide bonds. The van der Waals surface area contributed by atoms with Crippen molar-refractivity contribution >= 4 is 11.9 Å². The minimum Gasteiger partial charge on any atom is -0.481 e. The van der Waals surface area contributed by atoms with Crippen LogP contribution in [-0.4, -0.2) is 23.1 Å². The maximum absolute atomic E-state index is 12.1. The molecule has 4 nitrogen and oxygen atoms in total. The third-order valence-corrected chi connectivity index (χ3v) is 11.1. The Labute approximate surface area is 213 Å². The van der Waals surface area contributed by atoms with E-state index in [1.54, 1.807) is 0 Å². The Hall–Kier alpha value is -1.32. The first-order valence-corrected chi connectivity index (χ1v) is 14.7. The zero-order valence-corrected chi connectivity index (χ0v) is 23.0. The lowest BCUT2D eigenvalue weighted by Crippen LogP contribution is -2.51. The van der Waals surface area contributed by atoms with Crippen LogP contribution in [0.1, 0.15) is 118 Å². The summed E-state index contributed by atoms with van der Waals surface area (Å²) in [7, 11) is 0. The van der Waals surface area contributed by atoms with Crippen molar-refractivity contribution < 1.29 is 19.4 Å². The van der Waals surface area contributed by atoms with Crippen molar-refractivity contribution in [3.05, 3.63) is 11.6 Å². The predicted molar refractivity (Wildman–Crippen MR) is 140 cm³/mol. The molecule has 198 valence electrons. The summed E-state index contributed by atoms with van der Waals surface area (Å²) in [6.45, 7) is 12.4. The quantitative estimate of drug-likeness (QED) is 0.267. The normalized spacial score (nSPS) is 39.3. The second kappa shape index (κ2) is 10.6. The Bertz CT molecular complexity index is 815. The van der Waals surface area contributed by atoms with Crippen molar-refractivity contribution in [1.29, 1.82) is 0 Å². The first-order chi connectivity index (χ1) is 16.5. The Morgan fingerprint density at radius 3 is 2.51 bits per heavy atom. The largest absolute Gasteiger partial charge is 0.481 e. The molecule has 4 rings (SSSR count). The molecule has 3 fully saturated rings. The van der Waals surface area contributed by atoms with Crippen LogP contribution in [0.3, 0.4) is 0 Å². The molecule has 4 aliphatic rings. The molecule has 4 aliphatic carbocycles. The number of aliphatic carboxylic acids is 1. The molecule has 4 unspecified atom stereocenters. The van der Waals surface area contributed by atoms with Gasteiger partial charge >= 0.3 is 11.9 Å². The molecule has 0 aromatic carbocycles. The Balaban J connectivity index is 1.40. The molecule has 0 spiro atoms. The molecule has 0 aromatic heterocycles. The van der Waals surface area contributed by atoms with Crippen LogP contribution in [-0.2, 0) is 14.3 Å². The average Bonchev–Trinajstić information content (AvgIpc) is 3.15. The van der Waals surface area contributed by atoms with Crippen molar-refractivity contribution in [2.45, 2.75) is 124 Å². The molecule has 0 aromatic rings. The monoisotopic (exact) mass is 486 g/mol. The van der Waals surface area contributed by atoms with Crippen LogP contribution in [0.15, 0.2) is 11.6 Å². The van der Waals surface area contributed by atoms with Gasteiger partial charge in [-0.1, -0.05) is 65.5 Å². The average molecular weight is 487 g/mol. The van der Waals surface area contributed by atoms with Crippen molar-refractivity contribution in [2.75, 3.05) is 0 Å². The summed E-state index contributed by atoms with van der Waals surface area (Å²) >= 11 is 0. The third kappa shape index (κ3) is 5.37. The lowest BCUT2D eigenvalue weighted by molar-refractivity contribution is -0.154. The molecular weight excluding hydrogens is 436 g/mol. The fourth-order valence-corrected chi connectivity index (χ4v) is 9.21. The Morgan fingerprint density at radius 1 is 1.03 bits per heavy atom. The van der Waals surface area contributed by atoms with E-state index in [0.29, 0.717) is 5.41 Å². The Kier molecular flexibility index (Phi) is 8.08. The van der Waals surface area contributed by atoms with Crippen LogP contribution in [0.25, 0.3) is 0 Å². The molecule has 3 saturated carbocycles. The maximum Gasteiger partial charge on any atom is 0.306 e. The van der Waals surface area contributed by atoms with Gasteiger partial charge in [-0.3, -0.25) is 9.59 Å². The minimum atomic E-state index is -0.942. The lowest BCUT2D eigenvalue weighted by Gasteiger charge is -2.58. The molecule has 4 heteroatoms. The minimum absolute atomic E-state index is 0.0236. The standard InChI is InChI=1S/C31H50O4/c1-20(2)7-6-8-21(3)25-11-12-26-24-10-9-22-19-23(35-29(34)14-13-28(32)33)15-17-30(22,4)27(24)16-18-31(25,26)5/h9,20-21,23-27H,6-8,10-19H2,1-5H3,(H,32,33)/t21-,23?,24?,25-,26?,27?,30+,31-/m1/s1. The van der Waals surface area contributed by atoms with E-state index in [1.165, 1.54) is 56.9 Å². The molecule has 0 saturated heterocycles. The number of carboxylic acid groups (broad SMARTS) is 1. The van der Waals surface area contributed by atoms with Gasteiger partial charge in [0, 0.05) is 6.42 Å². The van der Waals surface area contributed by atoms with Gasteiger partial charge in [-0.05, 0) is 91.3 Å². The second-order valence-corrected chi connectivity index (χ2v) is 13.5. The summed E-state index contributed by atoms with van der Waals surface area (Å²) < 4.78 is 5.70. The summed E-state index contributed by atoms with van der Waals surface area (Å²) in [4.78, 5) is 22.9. The van der Waals surface area contributed by atoms with E-state index in [0.717, 1.165) is 54.8 Å². The van der Waals surface area contributed by atoms with E-state index in [9.17, 15) is 9.59 Å². The number of esters is 1. The van der Waals surface area contributed by atoms with E-state index in [4.69, 9.17) is 9.84 Å². The van der Waals surface area contributed by atoms with Gasteiger partial charge in [-0.25, -0.2) is 0 Å². The second-order valence-electron chi connectivity index (χ2n) is 13.5. The predicted octanol–water partition coefficient (Wildman–Crippen LogP) is 7.80. The molecular formula is C31H50O4. The van der Waals surface area contributed by atoms with Crippen molar-refractivity contribution in [2.24, 2.45) is 46.3 Å². The van der Waals surface area contributed by atoms with E-state index in [2.05, 4.69) is 40.7 Å². The van der Waals surface area contributed by atoms with Gasteiger partial charge in [0.05, 0.1) is 12.8 Å². The van der Waals surface area contributed by atoms with Crippen molar-refractivity contribution in [1.82, 2.24) is 0 Å². The van der Waals surface area contributed by atoms with Crippen molar-refractivity contribution in [3.8, 4) is 0 Å². The third-order valence-electron chi connectivity index (χ3n) is 11.1. The molecule has 0 radical (unpaired) electrons. The van der Waals surface area contributed by atoms with Crippen molar-refractivity contribution in [3.63, 3.8) is 0 Å². The van der Waals surface area contributed by atoms with E-state index < -0.39 is 5.97 Å². The smallest absolute Gasteiger partial charge is 0.306 e. The Morgan fingerprint density at radius 2 is 1.80 bits per heavy atom. The summed E-state index contributed by atoms with van der Waals surface area (Å²) in [5.74, 6) is 3.68. The fourth-order valence-electron chi connectivity index (χ4n) is 9.21. The van der Waals surface area contributed by atoms with Gasteiger partial charge in [0.1, 0.15) is 6.10 Å². The fraction of sp³-hybridized carbons (Fsp3) is 0.871. The molecule has 35 heavy (non-hydrogen) atoms. The van der Waals surface area contributed by atoms with Gasteiger partial charge in [0.25, 0.3) is 0 Å². The number of hydrogen-bond donors (Lipinski definition) is 1. The molecule has 0 bridgehead atoms. The van der Waals surface area contributed by atoms with Crippen LogP contribution in [0.4, 0.5) is 0 Å². The number of allylic oxidation sites excluding steroid dienone is 1. The summed E-state index contributed by atoms with van der Waals surface area (Å²) in [5, 5.41) is 8.84. The topological polar surface area (TPSA) is 63.6 Å². The molecule has 0 heterocycles. The summed E-state index contributed by atoms with van der Waals surface area (Å²) in [5.41, 5.74) is 2.27. The van der Waals surface area contributed by atoms with Crippen LogP contribution in [0, 0.1) is 46.3 Å². The van der Waals surface area contributed by atoms with E-state index in [-0.39, 0.29) is 30.3 Å². The van der Waals surface area contributed by atoms with E-state index in [1.807, 2.05) is 0 Å². The zero-order chi connectivity index (χ0) is 25.4. The lowest BCUT2D eigenvalue weighted by atomic mass is 9.47. The first-order valence-electron chi connectivity index (χ1n) is 14.7. The summed E-state index contributed by atoms with van der Waals surface area (Å²) in [6, 6.07) is 0. The highest BCUT2D eigenvalue weighted by Gasteiger charge is 2.59. The maximum atomic E-state index is 12.1. The number of carbonyl (C=O) groups is 2. The number of rotatable bonds is 9. The number of carboxylic acids is 1. The number of ether oxygens (including phenoxy) is 1. The van der Waals surface area contributed by atoms with Gasteiger partial charge in [-0.15, -0.1) is 0 Å². The van der Waals surface area contributed by atoms with E-state index >= 15 is 0 Å². The zero-order valence-electron chi connectivity index (χ0n) is 23.0. The van der Waals surface area contributed by atoms with Crippen LogP contribution in [0.5, 0.6) is 0 Å². The van der Waals surface area contributed by atoms with Crippen LogP contribution < -0.4 is 0 Å². The van der Waals surface area contributed by atoms with Gasteiger partial charge in [0.15, 0.2) is 0 Å².